The first kappa shape index (κ1) is 12.4. The van der Waals surface area contributed by atoms with Gasteiger partial charge in [-0.1, -0.05) is 11.6 Å². The second kappa shape index (κ2) is 6.02. The number of hydrogen-bond donors (Lipinski definition) is 2. The van der Waals surface area contributed by atoms with E-state index < -0.39 is 0 Å². The van der Waals surface area contributed by atoms with Gasteiger partial charge in [-0.15, -0.1) is 0 Å². The van der Waals surface area contributed by atoms with Crippen molar-refractivity contribution in [3.05, 3.63) is 29.0 Å². The molecule has 0 bridgehead atoms. The smallest absolute Gasteiger partial charge is 0.0712 e. The van der Waals surface area contributed by atoms with Gasteiger partial charge in [0.05, 0.1) is 17.2 Å². The van der Waals surface area contributed by atoms with Gasteiger partial charge in [0.25, 0.3) is 0 Å². The van der Waals surface area contributed by atoms with Crippen LogP contribution in [0.15, 0.2) is 18.5 Å². The predicted molar refractivity (Wildman–Crippen MR) is 60.5 cm³/mol. The summed E-state index contributed by atoms with van der Waals surface area (Å²) in [6, 6.07) is 1.92. The summed E-state index contributed by atoms with van der Waals surface area (Å²) in [7, 11) is 1.66. The predicted octanol–water partition coefficient (Wildman–Crippen LogP) is 1.14. The molecule has 0 aliphatic carbocycles. The van der Waals surface area contributed by atoms with Gasteiger partial charge in [-0.05, 0) is 25.0 Å². The van der Waals surface area contributed by atoms with Crippen LogP contribution >= 0.6 is 11.6 Å². The number of nitrogens with one attached hydrogen (secondary N) is 1. The van der Waals surface area contributed by atoms with Gasteiger partial charge < -0.3 is 4.74 Å². The number of hydrogen-bond acceptors (Lipinski definition) is 4. The Labute approximate surface area is 94.8 Å². The van der Waals surface area contributed by atoms with E-state index in [4.69, 9.17) is 22.2 Å². The van der Waals surface area contributed by atoms with Crippen molar-refractivity contribution in [3.63, 3.8) is 0 Å². The summed E-state index contributed by atoms with van der Waals surface area (Å²) in [6.07, 6.45) is 4.08. The van der Waals surface area contributed by atoms with Gasteiger partial charge in [0.15, 0.2) is 0 Å². The first-order valence-corrected chi connectivity index (χ1v) is 5.14. The fourth-order valence-electron chi connectivity index (χ4n) is 1.33. The van der Waals surface area contributed by atoms with Crippen LogP contribution in [0.1, 0.15) is 12.5 Å². The molecule has 2 unspecified atom stereocenters. The standard InChI is InChI=1S/C10H16ClN3O/c1-7(15-2)10(14-12)5-8-3-4-13-6-9(8)11/h3-4,6-7,10,14H,5,12H2,1-2H3. The summed E-state index contributed by atoms with van der Waals surface area (Å²) in [5, 5.41) is 0.654. The molecule has 84 valence electrons. The highest BCUT2D eigenvalue weighted by molar-refractivity contribution is 6.31. The van der Waals surface area contributed by atoms with Gasteiger partial charge in [0.1, 0.15) is 0 Å². The molecule has 0 radical (unpaired) electrons. The highest BCUT2D eigenvalue weighted by Gasteiger charge is 2.16. The minimum absolute atomic E-state index is 0.0271. The molecule has 1 heterocycles. The van der Waals surface area contributed by atoms with Crippen molar-refractivity contribution in [1.29, 1.82) is 0 Å². The molecule has 0 aromatic carbocycles. The molecule has 0 saturated heterocycles. The Hall–Kier alpha value is -0.680. The van der Waals surface area contributed by atoms with Gasteiger partial charge in [0.2, 0.25) is 0 Å². The molecule has 0 amide bonds. The maximum Gasteiger partial charge on any atom is 0.0712 e. The average molecular weight is 230 g/mol. The molecule has 0 aliphatic rings. The molecular formula is C10H16ClN3O. The van der Waals surface area contributed by atoms with E-state index in [1.54, 1.807) is 19.5 Å². The Morgan fingerprint density at radius 1 is 1.67 bits per heavy atom. The third kappa shape index (κ3) is 3.43. The minimum atomic E-state index is 0.0271. The molecule has 0 saturated carbocycles. The first-order valence-electron chi connectivity index (χ1n) is 4.76. The summed E-state index contributed by atoms with van der Waals surface area (Å²) in [4.78, 5) is 3.93. The third-order valence-electron chi connectivity index (χ3n) is 2.45. The normalized spacial score (nSPS) is 14.9. The zero-order chi connectivity index (χ0) is 11.3. The number of ether oxygens (including phenoxy) is 1. The van der Waals surface area contributed by atoms with Crippen LogP contribution in [0.4, 0.5) is 0 Å². The van der Waals surface area contributed by atoms with Crippen LogP contribution in [0.2, 0.25) is 5.02 Å². The molecule has 5 heteroatoms. The molecule has 2 atom stereocenters. The zero-order valence-electron chi connectivity index (χ0n) is 8.90. The van der Waals surface area contributed by atoms with Crippen LogP contribution in [0, 0.1) is 0 Å². The van der Waals surface area contributed by atoms with Gasteiger partial charge >= 0.3 is 0 Å². The maximum absolute atomic E-state index is 6.00. The lowest BCUT2D eigenvalue weighted by atomic mass is 10.0. The fraction of sp³-hybridized carbons (Fsp3) is 0.500. The number of hydrazine groups is 1. The zero-order valence-corrected chi connectivity index (χ0v) is 9.66. The van der Waals surface area contributed by atoms with E-state index in [0.29, 0.717) is 11.4 Å². The van der Waals surface area contributed by atoms with Crippen LogP contribution < -0.4 is 11.3 Å². The number of halogens is 1. The van der Waals surface area contributed by atoms with Crippen molar-refractivity contribution in [1.82, 2.24) is 10.4 Å². The number of methoxy groups -OCH3 is 1. The summed E-state index contributed by atoms with van der Waals surface area (Å²) in [5.41, 5.74) is 3.74. The topological polar surface area (TPSA) is 60.2 Å². The first-order chi connectivity index (χ1) is 7.19. The van der Waals surface area contributed by atoms with Crippen molar-refractivity contribution < 1.29 is 4.74 Å². The summed E-state index contributed by atoms with van der Waals surface area (Å²) in [6.45, 7) is 1.96. The molecular weight excluding hydrogens is 214 g/mol. The fourth-order valence-corrected chi connectivity index (χ4v) is 1.53. The van der Waals surface area contributed by atoms with E-state index in [2.05, 4.69) is 10.4 Å². The van der Waals surface area contributed by atoms with E-state index >= 15 is 0 Å². The van der Waals surface area contributed by atoms with Crippen molar-refractivity contribution in [2.75, 3.05) is 7.11 Å². The van der Waals surface area contributed by atoms with E-state index in [1.165, 1.54) is 0 Å². The van der Waals surface area contributed by atoms with Crippen LogP contribution in [0.5, 0.6) is 0 Å². The van der Waals surface area contributed by atoms with Crippen LogP contribution in [-0.2, 0) is 11.2 Å². The van der Waals surface area contributed by atoms with Gasteiger partial charge in [-0.25, -0.2) is 0 Å². The van der Waals surface area contributed by atoms with E-state index in [-0.39, 0.29) is 12.1 Å². The summed E-state index contributed by atoms with van der Waals surface area (Å²) < 4.78 is 5.21. The Bertz CT molecular complexity index is 308. The lowest BCUT2D eigenvalue weighted by molar-refractivity contribution is 0.0831. The molecule has 15 heavy (non-hydrogen) atoms. The molecule has 0 spiro atoms. The molecule has 3 N–H and O–H groups in total. The van der Waals surface area contributed by atoms with E-state index in [1.807, 2.05) is 13.0 Å². The Morgan fingerprint density at radius 2 is 2.40 bits per heavy atom. The lowest BCUT2D eigenvalue weighted by Crippen LogP contribution is -2.45. The Kier molecular flexibility index (Phi) is 4.98. The Morgan fingerprint density at radius 3 is 2.93 bits per heavy atom. The second-order valence-electron chi connectivity index (χ2n) is 3.39. The molecule has 4 nitrogen and oxygen atoms in total. The van der Waals surface area contributed by atoms with Crippen molar-refractivity contribution in [2.45, 2.75) is 25.5 Å². The molecule has 1 aromatic heterocycles. The number of aromatic nitrogens is 1. The summed E-state index contributed by atoms with van der Waals surface area (Å²) >= 11 is 6.00. The number of pyridine rings is 1. The minimum Gasteiger partial charge on any atom is -0.380 e. The Balaban J connectivity index is 2.71. The van der Waals surface area contributed by atoms with Gasteiger partial charge in [-0.2, -0.15) is 0 Å². The monoisotopic (exact) mass is 229 g/mol. The van der Waals surface area contributed by atoms with Gasteiger partial charge in [-0.3, -0.25) is 16.3 Å². The average Bonchev–Trinajstić information content (AvgIpc) is 2.27. The SMILES string of the molecule is COC(C)C(Cc1ccncc1Cl)NN. The number of rotatable bonds is 5. The highest BCUT2D eigenvalue weighted by atomic mass is 35.5. The molecule has 0 fully saturated rings. The largest absolute Gasteiger partial charge is 0.380 e. The van der Waals surface area contributed by atoms with Crippen LogP contribution in [-0.4, -0.2) is 24.2 Å². The lowest BCUT2D eigenvalue weighted by Gasteiger charge is -2.22. The van der Waals surface area contributed by atoms with E-state index in [0.717, 1.165) is 5.56 Å². The third-order valence-corrected chi connectivity index (χ3v) is 2.79. The van der Waals surface area contributed by atoms with Crippen molar-refractivity contribution in [3.8, 4) is 0 Å². The van der Waals surface area contributed by atoms with Crippen molar-refractivity contribution >= 4 is 11.6 Å². The summed E-state index contributed by atoms with van der Waals surface area (Å²) in [5.74, 6) is 5.46. The maximum atomic E-state index is 6.00. The molecule has 0 aliphatic heterocycles. The highest BCUT2D eigenvalue weighted by Crippen LogP contribution is 2.16. The number of nitrogens with zero attached hydrogens (tertiary/aromatic N) is 1. The molecule has 1 rings (SSSR count). The molecule has 1 aromatic rings. The second-order valence-corrected chi connectivity index (χ2v) is 3.79. The van der Waals surface area contributed by atoms with Crippen LogP contribution in [0.3, 0.4) is 0 Å². The van der Waals surface area contributed by atoms with Crippen molar-refractivity contribution in [2.24, 2.45) is 5.84 Å². The van der Waals surface area contributed by atoms with Crippen LogP contribution in [0.25, 0.3) is 0 Å². The van der Waals surface area contributed by atoms with E-state index in [9.17, 15) is 0 Å². The quantitative estimate of drug-likeness (QED) is 0.587. The van der Waals surface area contributed by atoms with Gasteiger partial charge in [0, 0.05) is 19.5 Å². The number of nitrogens with two attached hydrogens (primary N) is 1.